The molecule has 0 atom stereocenters. The molecule has 0 aliphatic carbocycles. The van der Waals surface area contributed by atoms with Crippen molar-refractivity contribution in [2.24, 2.45) is 0 Å². The van der Waals surface area contributed by atoms with Gasteiger partial charge in [0.1, 0.15) is 5.52 Å². The van der Waals surface area contributed by atoms with Crippen molar-refractivity contribution in [2.75, 3.05) is 38.3 Å². The Morgan fingerprint density at radius 1 is 1.14 bits per heavy atom. The number of likely N-dealkylation sites (N-methyl/N-ethyl adjacent to an activating group) is 1. The van der Waals surface area contributed by atoms with Crippen molar-refractivity contribution in [3.63, 3.8) is 0 Å². The number of ether oxygens (including phenoxy) is 1. The van der Waals surface area contributed by atoms with Crippen LogP contribution in [0.25, 0.3) is 17.2 Å². The fourth-order valence-corrected chi connectivity index (χ4v) is 3.32. The van der Waals surface area contributed by atoms with Gasteiger partial charge in [-0.15, -0.1) is 0 Å². The van der Waals surface area contributed by atoms with E-state index in [4.69, 9.17) is 9.15 Å². The standard InChI is InChI=1S/C22H23N3O3/c1-24(16-17-6-2-4-8-19(17)25-12-14-27-15-13-25)22(26)11-10-21-23-18-7-3-5-9-20(18)28-21/h2-11H,12-16H2,1H3/b11-10+. The molecule has 2 aromatic carbocycles. The third-order valence-electron chi connectivity index (χ3n) is 4.81. The first kappa shape index (κ1) is 18.3. The highest BCUT2D eigenvalue weighted by molar-refractivity contribution is 5.91. The number of hydrogen-bond acceptors (Lipinski definition) is 5. The van der Waals surface area contributed by atoms with Gasteiger partial charge in [-0.05, 0) is 23.8 Å². The normalized spacial score (nSPS) is 14.7. The predicted octanol–water partition coefficient (Wildman–Crippen LogP) is 3.34. The number of fused-ring (bicyclic) bond motifs is 1. The lowest BCUT2D eigenvalue weighted by Gasteiger charge is -2.31. The summed E-state index contributed by atoms with van der Waals surface area (Å²) >= 11 is 0. The van der Waals surface area contributed by atoms with E-state index in [0.717, 1.165) is 43.1 Å². The van der Waals surface area contributed by atoms with Gasteiger partial charge in [-0.25, -0.2) is 4.98 Å². The fraction of sp³-hybridized carbons (Fsp3) is 0.273. The van der Waals surface area contributed by atoms with Gasteiger partial charge in [0.05, 0.1) is 13.2 Å². The number of aromatic nitrogens is 1. The number of anilines is 1. The Morgan fingerprint density at radius 2 is 1.89 bits per heavy atom. The summed E-state index contributed by atoms with van der Waals surface area (Å²) in [5.41, 5.74) is 3.77. The van der Waals surface area contributed by atoms with Crippen LogP contribution in [-0.4, -0.2) is 49.1 Å². The van der Waals surface area contributed by atoms with Gasteiger partial charge in [0, 0.05) is 44.5 Å². The van der Waals surface area contributed by atoms with Crippen LogP contribution in [0.5, 0.6) is 0 Å². The lowest BCUT2D eigenvalue weighted by atomic mass is 10.1. The first-order valence-electron chi connectivity index (χ1n) is 9.40. The highest BCUT2D eigenvalue weighted by Crippen LogP contribution is 2.23. The number of morpholine rings is 1. The highest BCUT2D eigenvalue weighted by atomic mass is 16.5. The minimum Gasteiger partial charge on any atom is -0.437 e. The number of rotatable bonds is 5. The maximum Gasteiger partial charge on any atom is 0.246 e. The molecule has 3 aromatic rings. The smallest absolute Gasteiger partial charge is 0.246 e. The van der Waals surface area contributed by atoms with E-state index in [9.17, 15) is 4.79 Å². The van der Waals surface area contributed by atoms with Crippen molar-refractivity contribution in [3.8, 4) is 0 Å². The van der Waals surface area contributed by atoms with Crippen LogP contribution in [0.1, 0.15) is 11.5 Å². The molecule has 0 bridgehead atoms. The predicted molar refractivity (Wildman–Crippen MR) is 109 cm³/mol. The monoisotopic (exact) mass is 377 g/mol. The summed E-state index contributed by atoms with van der Waals surface area (Å²) in [5, 5.41) is 0. The summed E-state index contributed by atoms with van der Waals surface area (Å²) < 4.78 is 11.1. The van der Waals surface area contributed by atoms with Gasteiger partial charge in [-0.3, -0.25) is 4.79 Å². The van der Waals surface area contributed by atoms with E-state index in [1.165, 1.54) is 6.08 Å². The molecule has 6 heteroatoms. The number of oxazole rings is 1. The number of hydrogen-bond donors (Lipinski definition) is 0. The van der Waals surface area contributed by atoms with Crippen molar-refractivity contribution >= 4 is 28.8 Å². The van der Waals surface area contributed by atoms with Crippen LogP contribution in [0.4, 0.5) is 5.69 Å². The SMILES string of the molecule is CN(Cc1ccccc1N1CCOCC1)C(=O)/C=C/c1nc2ccccc2o1. The second-order valence-corrected chi connectivity index (χ2v) is 6.78. The van der Waals surface area contributed by atoms with Gasteiger partial charge in [-0.1, -0.05) is 30.3 Å². The second kappa shape index (κ2) is 8.27. The Balaban J connectivity index is 1.44. The minimum atomic E-state index is -0.0981. The van der Waals surface area contributed by atoms with Crippen LogP contribution in [0.2, 0.25) is 0 Å². The van der Waals surface area contributed by atoms with Crippen LogP contribution in [0, 0.1) is 0 Å². The van der Waals surface area contributed by atoms with E-state index in [1.807, 2.05) is 36.4 Å². The highest BCUT2D eigenvalue weighted by Gasteiger charge is 2.16. The zero-order valence-corrected chi connectivity index (χ0v) is 15.9. The van der Waals surface area contributed by atoms with Crippen molar-refractivity contribution in [2.45, 2.75) is 6.54 Å². The van der Waals surface area contributed by atoms with Gasteiger partial charge in [0.15, 0.2) is 5.58 Å². The first-order valence-corrected chi connectivity index (χ1v) is 9.40. The molecule has 2 heterocycles. The van der Waals surface area contributed by atoms with E-state index < -0.39 is 0 Å². The van der Waals surface area contributed by atoms with E-state index in [-0.39, 0.29) is 5.91 Å². The second-order valence-electron chi connectivity index (χ2n) is 6.78. The molecule has 0 saturated carbocycles. The third kappa shape index (κ3) is 4.07. The van der Waals surface area contributed by atoms with Gasteiger partial charge in [-0.2, -0.15) is 0 Å². The molecule has 0 N–H and O–H groups in total. The number of carbonyl (C=O) groups excluding carboxylic acids is 1. The Bertz CT molecular complexity index is 956. The van der Waals surface area contributed by atoms with Crippen LogP contribution >= 0.6 is 0 Å². The zero-order valence-electron chi connectivity index (χ0n) is 15.9. The van der Waals surface area contributed by atoms with Crippen LogP contribution in [0.3, 0.4) is 0 Å². The van der Waals surface area contributed by atoms with E-state index in [2.05, 4.69) is 22.0 Å². The Labute approximate surface area is 164 Å². The molecule has 6 nitrogen and oxygen atoms in total. The van der Waals surface area contributed by atoms with Crippen molar-refractivity contribution in [3.05, 3.63) is 66.1 Å². The van der Waals surface area contributed by atoms with Crippen LogP contribution in [-0.2, 0) is 16.1 Å². The molecule has 0 unspecified atom stereocenters. The van der Waals surface area contributed by atoms with Crippen LogP contribution in [0.15, 0.2) is 59.0 Å². The number of carbonyl (C=O) groups is 1. The summed E-state index contributed by atoms with van der Waals surface area (Å²) in [6, 6.07) is 15.7. The minimum absolute atomic E-state index is 0.0981. The number of amides is 1. The maximum absolute atomic E-state index is 12.6. The number of para-hydroxylation sites is 3. The Hall–Kier alpha value is -3.12. The molecular weight excluding hydrogens is 354 g/mol. The Morgan fingerprint density at radius 3 is 2.71 bits per heavy atom. The maximum atomic E-state index is 12.6. The number of benzene rings is 2. The van der Waals surface area contributed by atoms with E-state index >= 15 is 0 Å². The summed E-state index contributed by atoms with van der Waals surface area (Å²) in [6.45, 7) is 3.73. The average Bonchev–Trinajstić information content (AvgIpc) is 3.16. The van der Waals surface area contributed by atoms with E-state index in [0.29, 0.717) is 18.0 Å². The average molecular weight is 377 g/mol. The fourth-order valence-electron chi connectivity index (χ4n) is 3.32. The summed E-state index contributed by atoms with van der Waals surface area (Å²) in [7, 11) is 1.80. The lowest BCUT2D eigenvalue weighted by Crippen LogP contribution is -2.37. The third-order valence-corrected chi connectivity index (χ3v) is 4.81. The van der Waals surface area contributed by atoms with Gasteiger partial charge < -0.3 is 19.0 Å². The molecule has 1 amide bonds. The van der Waals surface area contributed by atoms with Crippen molar-refractivity contribution < 1.29 is 13.9 Å². The summed E-state index contributed by atoms with van der Waals surface area (Å²) in [6.07, 6.45) is 3.12. The molecule has 1 saturated heterocycles. The van der Waals surface area contributed by atoms with Gasteiger partial charge in [0.25, 0.3) is 0 Å². The van der Waals surface area contributed by atoms with Gasteiger partial charge >= 0.3 is 0 Å². The molecule has 1 fully saturated rings. The topological polar surface area (TPSA) is 58.8 Å². The van der Waals surface area contributed by atoms with E-state index in [1.54, 1.807) is 18.0 Å². The quantitative estimate of drug-likeness (QED) is 0.639. The molecule has 0 spiro atoms. The molecule has 1 aromatic heterocycles. The summed E-state index contributed by atoms with van der Waals surface area (Å²) in [5.74, 6) is 0.329. The molecular formula is C22H23N3O3. The lowest BCUT2D eigenvalue weighted by molar-refractivity contribution is -0.125. The molecule has 1 aliphatic rings. The van der Waals surface area contributed by atoms with Crippen molar-refractivity contribution in [1.29, 1.82) is 0 Å². The molecule has 28 heavy (non-hydrogen) atoms. The largest absolute Gasteiger partial charge is 0.437 e. The molecule has 0 radical (unpaired) electrons. The molecule has 144 valence electrons. The van der Waals surface area contributed by atoms with Crippen LogP contribution < -0.4 is 4.90 Å². The summed E-state index contributed by atoms with van der Waals surface area (Å²) in [4.78, 5) is 20.9. The molecule has 1 aliphatic heterocycles. The van der Waals surface area contributed by atoms with Gasteiger partial charge in [0.2, 0.25) is 11.8 Å². The Kier molecular flexibility index (Phi) is 5.39. The first-order chi connectivity index (χ1) is 13.7. The van der Waals surface area contributed by atoms with Crippen molar-refractivity contribution in [1.82, 2.24) is 9.88 Å². The zero-order chi connectivity index (χ0) is 19.3. The molecule has 4 rings (SSSR count). The number of nitrogens with zero attached hydrogens (tertiary/aromatic N) is 3.